The van der Waals surface area contributed by atoms with E-state index >= 15 is 0 Å². The van der Waals surface area contributed by atoms with Gasteiger partial charge in [0.15, 0.2) is 23.1 Å². The van der Waals surface area contributed by atoms with Crippen LogP contribution in [0.1, 0.15) is 18.4 Å². The Balaban J connectivity index is 2.46. The Hall–Kier alpha value is -1.49. The zero-order chi connectivity index (χ0) is 13.0. The molecule has 1 heterocycles. The Morgan fingerprint density at radius 1 is 1.39 bits per heavy atom. The summed E-state index contributed by atoms with van der Waals surface area (Å²) in [5.74, 6) is 0.667. The van der Waals surface area contributed by atoms with Crippen molar-refractivity contribution in [2.45, 2.75) is 19.3 Å². The smallest absolute Gasteiger partial charge is 0.169 e. The van der Waals surface area contributed by atoms with Crippen LogP contribution in [0.15, 0.2) is 6.07 Å². The van der Waals surface area contributed by atoms with Gasteiger partial charge in [0.2, 0.25) is 0 Å². The quantitative estimate of drug-likeness (QED) is 0.894. The molecular weight excluding hydrogens is 239 g/mol. The zero-order valence-corrected chi connectivity index (χ0v) is 10.4. The highest BCUT2D eigenvalue weighted by atomic mass is 19.1. The minimum Gasteiger partial charge on any atom is -0.493 e. The zero-order valence-electron chi connectivity index (χ0n) is 10.4. The molecule has 1 aromatic carbocycles. The Kier molecular flexibility index (Phi) is 4.25. The molecule has 0 bridgehead atoms. The maximum atomic E-state index is 13.9. The molecule has 0 aliphatic carbocycles. The molecule has 100 valence electrons. The van der Waals surface area contributed by atoms with Gasteiger partial charge in [0, 0.05) is 24.7 Å². The topological polar surface area (TPSA) is 47.9 Å². The fourth-order valence-corrected chi connectivity index (χ4v) is 2.03. The lowest BCUT2D eigenvalue weighted by atomic mass is 10.1. The highest BCUT2D eigenvalue weighted by Crippen LogP contribution is 2.41. The van der Waals surface area contributed by atoms with Crippen molar-refractivity contribution in [2.75, 3.05) is 26.9 Å². The molecule has 18 heavy (non-hydrogen) atoms. The van der Waals surface area contributed by atoms with Crippen LogP contribution in [-0.4, -0.2) is 32.0 Å². The van der Waals surface area contributed by atoms with Gasteiger partial charge in [0.05, 0.1) is 20.3 Å². The highest BCUT2D eigenvalue weighted by molar-refractivity contribution is 5.55. The van der Waals surface area contributed by atoms with E-state index in [9.17, 15) is 4.39 Å². The first-order valence-corrected chi connectivity index (χ1v) is 6.03. The van der Waals surface area contributed by atoms with Crippen molar-refractivity contribution in [2.24, 2.45) is 0 Å². The molecular formula is C13H17FO4. The van der Waals surface area contributed by atoms with Crippen LogP contribution >= 0.6 is 0 Å². The average Bonchev–Trinajstić information content (AvgIpc) is 2.60. The van der Waals surface area contributed by atoms with Crippen LogP contribution in [-0.2, 0) is 6.42 Å². The minimum atomic E-state index is -0.463. The maximum Gasteiger partial charge on any atom is 0.169 e. The molecule has 0 radical (unpaired) electrons. The third-order valence-electron chi connectivity index (χ3n) is 2.83. The predicted molar refractivity (Wildman–Crippen MR) is 64.0 cm³/mol. The van der Waals surface area contributed by atoms with E-state index in [1.54, 1.807) is 0 Å². The molecule has 0 saturated carbocycles. The van der Waals surface area contributed by atoms with Gasteiger partial charge >= 0.3 is 0 Å². The molecule has 0 fully saturated rings. The molecule has 0 saturated heterocycles. The molecule has 1 N–H and O–H groups in total. The summed E-state index contributed by atoms with van der Waals surface area (Å²) in [6.45, 7) is 1.08. The molecule has 1 aromatic rings. The van der Waals surface area contributed by atoms with Crippen molar-refractivity contribution in [3.05, 3.63) is 17.4 Å². The monoisotopic (exact) mass is 256 g/mol. The summed E-state index contributed by atoms with van der Waals surface area (Å²) >= 11 is 0. The minimum absolute atomic E-state index is 0.0370. The number of rotatable bonds is 4. The molecule has 0 aromatic heterocycles. The molecule has 1 aliphatic heterocycles. The normalized spacial score (nSPS) is 14.2. The van der Waals surface area contributed by atoms with Crippen molar-refractivity contribution in [1.82, 2.24) is 0 Å². The lowest BCUT2D eigenvalue weighted by molar-refractivity contribution is 0.282. The number of aliphatic hydroxyl groups is 1. The molecule has 5 heteroatoms. The lowest BCUT2D eigenvalue weighted by Crippen LogP contribution is -2.03. The van der Waals surface area contributed by atoms with Crippen LogP contribution in [0.25, 0.3) is 0 Å². The summed E-state index contributed by atoms with van der Waals surface area (Å²) in [6.07, 6.45) is 1.77. The van der Waals surface area contributed by atoms with Crippen molar-refractivity contribution >= 4 is 0 Å². The number of fused-ring (bicyclic) bond motifs is 1. The van der Waals surface area contributed by atoms with E-state index in [1.165, 1.54) is 13.2 Å². The second-order valence-corrected chi connectivity index (χ2v) is 4.08. The fourth-order valence-electron chi connectivity index (χ4n) is 2.03. The summed E-state index contributed by atoms with van der Waals surface area (Å²) in [5, 5.41) is 8.91. The Morgan fingerprint density at radius 2 is 2.17 bits per heavy atom. The van der Waals surface area contributed by atoms with Crippen LogP contribution in [0.2, 0.25) is 0 Å². The SMILES string of the molecule is COc1c(F)cc2c(c1CCCO)OCCCO2. The summed E-state index contributed by atoms with van der Waals surface area (Å²) in [5.41, 5.74) is 0.628. The van der Waals surface area contributed by atoms with Crippen LogP contribution in [0.3, 0.4) is 0 Å². The summed E-state index contributed by atoms with van der Waals surface area (Å²) in [4.78, 5) is 0. The van der Waals surface area contributed by atoms with E-state index in [0.717, 1.165) is 6.42 Å². The van der Waals surface area contributed by atoms with Crippen LogP contribution in [0.4, 0.5) is 4.39 Å². The van der Waals surface area contributed by atoms with Crippen molar-refractivity contribution in [3.63, 3.8) is 0 Å². The lowest BCUT2D eigenvalue weighted by Gasteiger charge is -2.16. The van der Waals surface area contributed by atoms with E-state index in [-0.39, 0.29) is 12.4 Å². The van der Waals surface area contributed by atoms with Gasteiger partial charge in [-0.1, -0.05) is 0 Å². The van der Waals surface area contributed by atoms with Gasteiger partial charge in [0.1, 0.15) is 0 Å². The number of methoxy groups -OCH3 is 1. The number of hydrogen-bond donors (Lipinski definition) is 1. The molecule has 0 atom stereocenters. The van der Waals surface area contributed by atoms with Crippen LogP contribution in [0.5, 0.6) is 17.2 Å². The molecule has 4 nitrogen and oxygen atoms in total. The predicted octanol–water partition coefficient (Wildman–Crippen LogP) is 1.92. The highest BCUT2D eigenvalue weighted by Gasteiger charge is 2.22. The van der Waals surface area contributed by atoms with Gasteiger partial charge in [-0.25, -0.2) is 4.39 Å². The van der Waals surface area contributed by atoms with E-state index < -0.39 is 5.82 Å². The Morgan fingerprint density at radius 3 is 2.89 bits per heavy atom. The standard InChI is InChI=1S/C13H17FO4/c1-16-12-9(4-2-5-15)13-11(8-10(12)14)17-6-3-7-18-13/h8,15H,2-7H2,1H3. The van der Waals surface area contributed by atoms with Crippen molar-refractivity contribution < 1.29 is 23.7 Å². The van der Waals surface area contributed by atoms with Crippen molar-refractivity contribution in [3.8, 4) is 17.2 Å². The van der Waals surface area contributed by atoms with Crippen LogP contribution < -0.4 is 14.2 Å². The molecule has 1 aliphatic rings. The first-order chi connectivity index (χ1) is 8.77. The van der Waals surface area contributed by atoms with E-state index in [0.29, 0.717) is 43.1 Å². The van der Waals surface area contributed by atoms with Crippen molar-refractivity contribution in [1.29, 1.82) is 0 Å². The number of halogens is 1. The van der Waals surface area contributed by atoms with E-state index in [1.807, 2.05) is 0 Å². The first kappa shape index (κ1) is 13.0. The molecule has 0 spiro atoms. The number of hydrogen-bond acceptors (Lipinski definition) is 4. The molecule has 0 unspecified atom stereocenters. The van der Waals surface area contributed by atoms with Gasteiger partial charge in [-0.2, -0.15) is 0 Å². The number of ether oxygens (including phenoxy) is 3. The maximum absolute atomic E-state index is 13.9. The van der Waals surface area contributed by atoms with E-state index in [4.69, 9.17) is 19.3 Å². The third kappa shape index (κ3) is 2.51. The second-order valence-electron chi connectivity index (χ2n) is 4.08. The molecule has 2 rings (SSSR count). The van der Waals surface area contributed by atoms with Crippen LogP contribution in [0, 0.1) is 5.82 Å². The van der Waals surface area contributed by atoms with Gasteiger partial charge < -0.3 is 19.3 Å². The molecule has 0 amide bonds. The summed E-state index contributed by atoms with van der Waals surface area (Å²) in [6, 6.07) is 1.29. The summed E-state index contributed by atoms with van der Waals surface area (Å²) < 4.78 is 30.1. The fraction of sp³-hybridized carbons (Fsp3) is 0.538. The Labute approximate surface area is 105 Å². The second kappa shape index (κ2) is 5.91. The number of benzene rings is 1. The average molecular weight is 256 g/mol. The van der Waals surface area contributed by atoms with E-state index in [2.05, 4.69) is 0 Å². The Bertz CT molecular complexity index is 420. The van der Waals surface area contributed by atoms with Gasteiger partial charge in [-0.3, -0.25) is 0 Å². The number of aliphatic hydroxyl groups excluding tert-OH is 1. The third-order valence-corrected chi connectivity index (χ3v) is 2.83. The first-order valence-electron chi connectivity index (χ1n) is 6.03. The van der Waals surface area contributed by atoms with Gasteiger partial charge in [0.25, 0.3) is 0 Å². The summed E-state index contributed by atoms with van der Waals surface area (Å²) in [7, 11) is 1.42. The van der Waals surface area contributed by atoms with Gasteiger partial charge in [-0.15, -0.1) is 0 Å². The largest absolute Gasteiger partial charge is 0.493 e. The van der Waals surface area contributed by atoms with Gasteiger partial charge in [-0.05, 0) is 12.8 Å².